The number of aliphatic hydroxyl groups excluding tert-OH is 1. The summed E-state index contributed by atoms with van der Waals surface area (Å²) in [5, 5.41) is 8.83. The van der Waals surface area contributed by atoms with E-state index in [2.05, 4.69) is 45.8 Å². The van der Waals surface area contributed by atoms with Gasteiger partial charge in [0.25, 0.3) is 0 Å². The highest BCUT2D eigenvalue weighted by Crippen LogP contribution is 2.26. The van der Waals surface area contributed by atoms with Crippen molar-refractivity contribution < 1.29 is 18.1 Å². The summed E-state index contributed by atoms with van der Waals surface area (Å²) in [5.74, 6) is 0. The van der Waals surface area contributed by atoms with E-state index in [0.717, 1.165) is 6.04 Å². The molecule has 0 radical (unpaired) electrons. The average molecular weight is 311 g/mol. The number of hydrogen-bond acceptors (Lipinski definition) is 4. The molecule has 1 atom stereocenters. The summed E-state index contributed by atoms with van der Waals surface area (Å²) in [5.41, 5.74) is 0. The van der Waals surface area contributed by atoms with Crippen LogP contribution in [0.15, 0.2) is 0 Å². The molecule has 0 saturated heterocycles. The van der Waals surface area contributed by atoms with Gasteiger partial charge in [-0.25, -0.2) is 0 Å². The van der Waals surface area contributed by atoms with Crippen LogP contribution >= 0.6 is 0 Å². The fourth-order valence-electron chi connectivity index (χ4n) is 2.11. The zero-order chi connectivity index (χ0) is 14.6. The Balaban J connectivity index is 4.80. The summed E-state index contributed by atoms with van der Waals surface area (Å²) in [7, 11) is -5.52. The van der Waals surface area contributed by atoms with E-state index in [1.54, 1.807) is 0 Å². The predicted molar refractivity (Wildman–Crippen MR) is 82.9 cm³/mol. The van der Waals surface area contributed by atoms with Crippen LogP contribution in [0, 0.1) is 0 Å². The van der Waals surface area contributed by atoms with Gasteiger partial charge in [0.2, 0.25) is 0 Å². The first kappa shape index (κ1) is 18.5. The molecule has 0 heterocycles. The molecule has 0 bridgehead atoms. The molecule has 0 aromatic heterocycles. The van der Waals surface area contributed by atoms with Crippen molar-refractivity contribution in [3.63, 3.8) is 0 Å². The summed E-state index contributed by atoms with van der Waals surface area (Å²) < 4.78 is 17.9. The van der Waals surface area contributed by atoms with Gasteiger partial charge >= 0.3 is 8.56 Å². The van der Waals surface area contributed by atoms with Gasteiger partial charge < -0.3 is 18.1 Å². The Labute approximate surface area is 115 Å². The molecule has 0 rings (SSSR count). The first-order valence-electron chi connectivity index (χ1n) is 6.50. The second kappa shape index (κ2) is 6.78. The minimum atomic E-state index is -2.23. The van der Waals surface area contributed by atoms with Gasteiger partial charge in [-0.3, -0.25) is 0 Å². The molecule has 0 aliphatic heterocycles. The largest absolute Gasteiger partial charge is 0.437 e. The summed E-state index contributed by atoms with van der Waals surface area (Å²) >= 11 is 0. The molecule has 1 unspecified atom stereocenters. The molecule has 4 nitrogen and oxygen atoms in total. The molecular formula is C11H30O4Si3. The Hall–Kier alpha value is 0.491. The lowest BCUT2D eigenvalue weighted by atomic mass is 10.5. The van der Waals surface area contributed by atoms with Gasteiger partial charge in [-0.1, -0.05) is 0 Å². The topological polar surface area (TPSA) is 47.9 Å². The molecule has 0 spiro atoms. The van der Waals surface area contributed by atoms with E-state index in [1.165, 1.54) is 0 Å². The normalized spacial score (nSPS) is 15.8. The number of ether oxygens (including phenoxy) is 1. The zero-order valence-electron chi connectivity index (χ0n) is 13.2. The molecule has 0 aromatic carbocycles. The molecule has 18 heavy (non-hydrogen) atoms. The molecule has 0 fully saturated rings. The van der Waals surface area contributed by atoms with Crippen LogP contribution in [-0.2, 0) is 13.0 Å². The monoisotopic (exact) mass is 310 g/mol. The van der Waals surface area contributed by atoms with Gasteiger partial charge in [0.05, 0.1) is 6.10 Å². The SMILES string of the molecule is CC(C[Si](C)(O[Si](C)(C)C)O[Si](C)(C)C)OCO. The van der Waals surface area contributed by atoms with Crippen molar-refractivity contribution in [3.05, 3.63) is 0 Å². The van der Waals surface area contributed by atoms with E-state index in [9.17, 15) is 0 Å². The molecule has 0 aliphatic rings. The van der Waals surface area contributed by atoms with Crippen LogP contribution in [0.3, 0.4) is 0 Å². The standard InChI is InChI=1S/C11H30O4Si3/c1-11(13-10-12)9-18(8,14-16(2,3)4)15-17(5,6)7/h11-12H,9-10H2,1-8H3. The highest BCUT2D eigenvalue weighted by Gasteiger charge is 2.41. The van der Waals surface area contributed by atoms with Gasteiger partial charge in [-0.15, -0.1) is 0 Å². The Morgan fingerprint density at radius 1 is 0.889 bits per heavy atom. The van der Waals surface area contributed by atoms with Crippen molar-refractivity contribution in [2.75, 3.05) is 6.79 Å². The van der Waals surface area contributed by atoms with Crippen LogP contribution < -0.4 is 0 Å². The number of aliphatic hydroxyl groups is 1. The molecule has 0 aromatic rings. The maximum absolute atomic E-state index is 8.83. The van der Waals surface area contributed by atoms with E-state index in [-0.39, 0.29) is 12.9 Å². The van der Waals surface area contributed by atoms with Crippen LogP contribution in [0.1, 0.15) is 6.92 Å². The maximum Gasteiger partial charge on any atom is 0.317 e. The van der Waals surface area contributed by atoms with Gasteiger partial charge in [-0.05, 0) is 52.8 Å². The van der Waals surface area contributed by atoms with Crippen molar-refractivity contribution in [1.82, 2.24) is 0 Å². The summed E-state index contributed by atoms with van der Waals surface area (Å²) in [4.78, 5) is 0. The average Bonchev–Trinajstić information content (AvgIpc) is 1.93. The van der Waals surface area contributed by atoms with E-state index in [4.69, 9.17) is 18.1 Å². The quantitative estimate of drug-likeness (QED) is 0.553. The number of rotatable bonds is 8. The van der Waals surface area contributed by atoms with Gasteiger partial charge in [0, 0.05) is 6.04 Å². The van der Waals surface area contributed by atoms with Crippen molar-refractivity contribution in [3.8, 4) is 0 Å². The maximum atomic E-state index is 8.83. The third-order valence-corrected chi connectivity index (χ3v) is 11.7. The molecular weight excluding hydrogens is 280 g/mol. The third kappa shape index (κ3) is 9.42. The van der Waals surface area contributed by atoms with E-state index >= 15 is 0 Å². The molecule has 1 N–H and O–H groups in total. The molecule has 0 aliphatic carbocycles. The fraction of sp³-hybridized carbons (Fsp3) is 1.00. The van der Waals surface area contributed by atoms with Crippen LogP contribution in [0.5, 0.6) is 0 Å². The summed E-state index contributed by atoms with van der Waals surface area (Å²) in [6.07, 6.45) is -0.0284. The molecule has 7 heteroatoms. The Kier molecular flexibility index (Phi) is 6.96. The van der Waals surface area contributed by atoms with Gasteiger partial charge in [0.1, 0.15) is 6.79 Å². The highest BCUT2D eigenvalue weighted by molar-refractivity contribution is 6.87. The minimum Gasteiger partial charge on any atom is -0.437 e. The fourth-order valence-corrected chi connectivity index (χ4v) is 14.8. The molecule has 0 amide bonds. The van der Waals surface area contributed by atoms with Crippen LogP contribution in [-0.4, -0.2) is 43.2 Å². The lowest BCUT2D eigenvalue weighted by molar-refractivity contribution is -0.0368. The Morgan fingerprint density at radius 2 is 1.28 bits per heavy atom. The van der Waals surface area contributed by atoms with Crippen molar-refractivity contribution in [2.24, 2.45) is 0 Å². The van der Waals surface area contributed by atoms with E-state index in [0.29, 0.717) is 0 Å². The zero-order valence-corrected chi connectivity index (χ0v) is 16.2. The second-order valence-electron chi connectivity index (χ2n) is 6.87. The molecule has 110 valence electrons. The van der Waals surface area contributed by atoms with E-state index in [1.807, 2.05) is 6.92 Å². The van der Waals surface area contributed by atoms with Crippen molar-refractivity contribution in [2.45, 2.75) is 64.9 Å². The molecule has 0 saturated carbocycles. The predicted octanol–water partition coefficient (Wildman–Crippen LogP) is 3.12. The summed E-state index contributed by atoms with van der Waals surface area (Å²) in [6.45, 7) is 16.9. The lowest BCUT2D eigenvalue weighted by Gasteiger charge is -2.39. The van der Waals surface area contributed by atoms with Crippen LogP contribution in [0.4, 0.5) is 0 Å². The lowest BCUT2D eigenvalue weighted by Crippen LogP contribution is -2.54. The smallest absolute Gasteiger partial charge is 0.317 e. The van der Waals surface area contributed by atoms with Gasteiger partial charge in [0.15, 0.2) is 16.6 Å². The minimum absolute atomic E-state index is 0.0284. The van der Waals surface area contributed by atoms with Crippen LogP contribution in [0.2, 0.25) is 51.9 Å². The first-order valence-corrected chi connectivity index (χ1v) is 15.8. The Morgan fingerprint density at radius 3 is 1.56 bits per heavy atom. The van der Waals surface area contributed by atoms with Crippen molar-refractivity contribution in [1.29, 1.82) is 0 Å². The Bertz CT molecular complexity index is 232. The van der Waals surface area contributed by atoms with Crippen molar-refractivity contribution >= 4 is 25.2 Å². The van der Waals surface area contributed by atoms with E-state index < -0.39 is 25.2 Å². The van der Waals surface area contributed by atoms with Gasteiger partial charge in [-0.2, -0.15) is 0 Å². The van der Waals surface area contributed by atoms with Crippen LogP contribution in [0.25, 0.3) is 0 Å². The summed E-state index contributed by atoms with van der Waals surface area (Å²) in [6, 6.07) is 0.766. The first-order chi connectivity index (χ1) is 7.87. The number of hydrogen-bond donors (Lipinski definition) is 1. The second-order valence-corrected chi connectivity index (χ2v) is 19.6. The highest BCUT2D eigenvalue weighted by atomic mass is 28.5. The third-order valence-electron chi connectivity index (χ3n) is 2.06.